The highest BCUT2D eigenvalue weighted by Crippen LogP contribution is 2.45. The monoisotopic (exact) mass is 576 g/mol. The lowest BCUT2D eigenvalue weighted by molar-refractivity contribution is 0.251. The molecule has 1 unspecified atom stereocenters. The molecule has 1 aliphatic carbocycles. The minimum Gasteiger partial charge on any atom is -0.496 e. The van der Waals surface area contributed by atoms with Crippen LogP contribution in [0.3, 0.4) is 0 Å². The molecule has 0 aliphatic heterocycles. The van der Waals surface area contributed by atoms with Gasteiger partial charge in [-0.25, -0.2) is 9.37 Å². The fourth-order valence-corrected chi connectivity index (χ4v) is 6.01. The van der Waals surface area contributed by atoms with Gasteiger partial charge in [-0.05, 0) is 55.5 Å². The number of methoxy groups -OCH3 is 1. The van der Waals surface area contributed by atoms with Gasteiger partial charge >= 0.3 is 7.60 Å². The Hall–Kier alpha value is -2.40. The standard InChI is InChI=1S/C28H31ClFN2O4PS/c1-6-11-32(28-31-27(18(3)38-28)22-12-17(2)26(35-4)15-23(22)29)25(13-19-7-8-19)20-9-10-21(24(30)14-20)16-36-37(5,33)34/h1,9-10,12,14-15,19,25H,7-8,11,13,16H2,2-5H3,(H,33,34)/t25-/m0/s1. The number of nitrogens with zero attached hydrogens (tertiary/aromatic N) is 2. The van der Waals surface area contributed by atoms with E-state index in [0.717, 1.165) is 58.3 Å². The summed E-state index contributed by atoms with van der Waals surface area (Å²) in [5, 5.41) is 1.29. The number of rotatable bonds is 11. The first kappa shape index (κ1) is 28.6. The van der Waals surface area contributed by atoms with Crippen molar-refractivity contribution in [2.45, 2.75) is 45.8 Å². The average Bonchev–Trinajstić information content (AvgIpc) is 3.60. The molecule has 0 radical (unpaired) electrons. The lowest BCUT2D eigenvalue weighted by Crippen LogP contribution is -2.29. The number of hydrogen-bond acceptors (Lipinski definition) is 6. The topological polar surface area (TPSA) is 71.9 Å². The van der Waals surface area contributed by atoms with Gasteiger partial charge in [-0.2, -0.15) is 0 Å². The zero-order valence-electron chi connectivity index (χ0n) is 21.8. The summed E-state index contributed by atoms with van der Waals surface area (Å²) in [6.07, 6.45) is 8.87. The van der Waals surface area contributed by atoms with Gasteiger partial charge in [0.15, 0.2) is 5.13 Å². The molecule has 0 bridgehead atoms. The molecule has 1 aromatic heterocycles. The highest BCUT2D eigenvalue weighted by molar-refractivity contribution is 7.51. The molecule has 1 fully saturated rings. The van der Waals surface area contributed by atoms with E-state index >= 15 is 4.39 Å². The van der Waals surface area contributed by atoms with Crippen LogP contribution in [-0.2, 0) is 15.7 Å². The Bertz CT molecular complexity index is 1410. The minimum atomic E-state index is -3.72. The zero-order valence-corrected chi connectivity index (χ0v) is 24.3. The summed E-state index contributed by atoms with van der Waals surface area (Å²) in [4.78, 5) is 17.4. The number of benzene rings is 2. The predicted molar refractivity (Wildman–Crippen MR) is 152 cm³/mol. The van der Waals surface area contributed by atoms with E-state index in [4.69, 9.17) is 32.3 Å². The van der Waals surface area contributed by atoms with Crippen LogP contribution in [0.2, 0.25) is 5.02 Å². The molecule has 6 nitrogen and oxygen atoms in total. The second-order valence-electron chi connectivity index (χ2n) is 9.66. The maximum Gasteiger partial charge on any atom is 0.325 e. The highest BCUT2D eigenvalue weighted by atomic mass is 35.5. The molecule has 4 rings (SSSR count). The van der Waals surface area contributed by atoms with Crippen molar-refractivity contribution in [2.75, 3.05) is 25.2 Å². The van der Waals surface area contributed by atoms with Gasteiger partial charge in [0, 0.05) is 22.7 Å². The lowest BCUT2D eigenvalue weighted by Gasteiger charge is -2.31. The predicted octanol–water partition coefficient (Wildman–Crippen LogP) is 7.54. The Morgan fingerprint density at radius 3 is 2.68 bits per heavy atom. The number of thiazole rings is 1. The summed E-state index contributed by atoms with van der Waals surface area (Å²) in [5.74, 6) is 3.51. The van der Waals surface area contributed by atoms with E-state index in [1.807, 2.05) is 26.0 Å². The van der Waals surface area contributed by atoms with Crippen LogP contribution < -0.4 is 9.64 Å². The van der Waals surface area contributed by atoms with Gasteiger partial charge in [0.05, 0.1) is 37.0 Å². The van der Waals surface area contributed by atoms with Gasteiger partial charge in [-0.15, -0.1) is 17.8 Å². The van der Waals surface area contributed by atoms with E-state index in [0.29, 0.717) is 23.2 Å². The van der Waals surface area contributed by atoms with Gasteiger partial charge in [-0.1, -0.05) is 42.5 Å². The molecule has 1 saturated carbocycles. The van der Waals surface area contributed by atoms with Crippen LogP contribution in [0.4, 0.5) is 9.52 Å². The Balaban J connectivity index is 1.71. The molecular formula is C28H31ClFN2O4PS. The van der Waals surface area contributed by atoms with Crippen LogP contribution in [0.5, 0.6) is 5.75 Å². The first-order valence-corrected chi connectivity index (χ1v) is 15.5. The number of hydrogen-bond donors (Lipinski definition) is 1. The van der Waals surface area contributed by atoms with Crippen LogP contribution in [-0.4, -0.2) is 30.2 Å². The molecule has 2 aromatic carbocycles. The van der Waals surface area contributed by atoms with Crippen molar-refractivity contribution in [2.24, 2.45) is 5.92 Å². The molecule has 38 heavy (non-hydrogen) atoms. The normalized spacial score (nSPS) is 15.5. The van der Waals surface area contributed by atoms with Crippen LogP contribution in [0, 0.1) is 37.9 Å². The summed E-state index contributed by atoms with van der Waals surface area (Å²) in [6, 6.07) is 8.48. The number of aromatic nitrogens is 1. The number of terminal acetylenes is 1. The van der Waals surface area contributed by atoms with Crippen molar-refractivity contribution in [1.29, 1.82) is 0 Å². The Kier molecular flexibility index (Phi) is 8.86. The highest BCUT2D eigenvalue weighted by Gasteiger charge is 2.32. The first-order valence-electron chi connectivity index (χ1n) is 12.3. The van der Waals surface area contributed by atoms with Crippen molar-refractivity contribution in [1.82, 2.24) is 4.98 Å². The molecular weight excluding hydrogens is 546 g/mol. The van der Waals surface area contributed by atoms with Crippen LogP contribution in [0.25, 0.3) is 11.3 Å². The summed E-state index contributed by atoms with van der Waals surface area (Å²) in [6.45, 7) is 5.05. The molecule has 1 heterocycles. The van der Waals surface area contributed by atoms with E-state index in [1.54, 1.807) is 19.2 Å². The quantitative estimate of drug-likeness (QED) is 0.188. The fourth-order valence-electron chi connectivity index (χ4n) is 4.42. The molecule has 202 valence electrons. The molecule has 10 heteroatoms. The molecule has 0 saturated heterocycles. The van der Waals surface area contributed by atoms with Gasteiger partial charge in [-0.3, -0.25) is 4.57 Å². The van der Waals surface area contributed by atoms with Crippen molar-refractivity contribution >= 4 is 35.7 Å². The molecule has 1 N–H and O–H groups in total. The molecule has 1 aliphatic rings. The minimum absolute atomic E-state index is 0.190. The lowest BCUT2D eigenvalue weighted by atomic mass is 9.98. The Morgan fingerprint density at radius 2 is 2.08 bits per heavy atom. The van der Waals surface area contributed by atoms with Gasteiger partial charge < -0.3 is 19.1 Å². The summed E-state index contributed by atoms with van der Waals surface area (Å²) in [7, 11) is -2.11. The first-order chi connectivity index (χ1) is 18.0. The second-order valence-corrected chi connectivity index (χ2v) is 13.1. The van der Waals surface area contributed by atoms with E-state index < -0.39 is 13.4 Å². The molecule has 2 atom stereocenters. The van der Waals surface area contributed by atoms with Crippen molar-refractivity contribution < 1.29 is 23.1 Å². The van der Waals surface area contributed by atoms with E-state index in [1.165, 1.54) is 17.4 Å². The SMILES string of the molecule is C#CCN(c1nc(-c2cc(C)c(OC)cc2Cl)c(C)s1)[C@@H](CC1CC1)c1ccc(COP(C)(=O)O)c(F)c1. The van der Waals surface area contributed by atoms with Crippen molar-refractivity contribution in [3.63, 3.8) is 0 Å². The maximum atomic E-state index is 15.1. The van der Waals surface area contributed by atoms with Crippen molar-refractivity contribution in [3.8, 4) is 29.4 Å². The van der Waals surface area contributed by atoms with Crippen molar-refractivity contribution in [3.05, 3.63) is 62.7 Å². The van der Waals surface area contributed by atoms with Gasteiger partial charge in [0.1, 0.15) is 11.6 Å². The van der Waals surface area contributed by atoms with Gasteiger partial charge in [0.2, 0.25) is 0 Å². The summed E-state index contributed by atoms with van der Waals surface area (Å²) < 4.78 is 36.9. The van der Waals surface area contributed by atoms with Gasteiger partial charge in [0.25, 0.3) is 0 Å². The zero-order chi connectivity index (χ0) is 27.6. The third-order valence-electron chi connectivity index (χ3n) is 6.58. The van der Waals surface area contributed by atoms with E-state index in [2.05, 4.69) is 10.8 Å². The molecule has 0 spiro atoms. The van der Waals surface area contributed by atoms with E-state index in [9.17, 15) is 9.46 Å². The Labute approximate surface area is 232 Å². The molecule has 0 amide bonds. The largest absolute Gasteiger partial charge is 0.496 e. The second kappa shape index (κ2) is 11.8. The third kappa shape index (κ3) is 6.77. The summed E-state index contributed by atoms with van der Waals surface area (Å²) in [5.41, 5.74) is 3.53. The smallest absolute Gasteiger partial charge is 0.325 e. The fraction of sp³-hybridized carbons (Fsp3) is 0.393. The van der Waals surface area contributed by atoms with E-state index in [-0.39, 0.29) is 18.2 Å². The maximum absolute atomic E-state index is 15.1. The number of halogens is 2. The number of anilines is 1. The number of ether oxygens (including phenoxy) is 1. The third-order valence-corrected chi connectivity index (χ3v) is 8.51. The van der Waals surface area contributed by atoms with Crippen LogP contribution in [0.1, 0.15) is 46.9 Å². The van der Waals surface area contributed by atoms with Crippen LogP contribution in [0.15, 0.2) is 30.3 Å². The summed E-state index contributed by atoms with van der Waals surface area (Å²) >= 11 is 8.14. The average molecular weight is 577 g/mol. The van der Waals surface area contributed by atoms with Crippen LogP contribution >= 0.6 is 30.5 Å². The molecule has 3 aromatic rings. The Morgan fingerprint density at radius 1 is 1.34 bits per heavy atom. The number of aryl methyl sites for hydroxylation is 2.